The van der Waals surface area contributed by atoms with Gasteiger partial charge in [0.2, 0.25) is 0 Å². The third-order valence-electron chi connectivity index (χ3n) is 5.02. The van der Waals surface area contributed by atoms with Gasteiger partial charge in [-0.2, -0.15) is 5.10 Å². The zero-order valence-corrected chi connectivity index (χ0v) is 15.1. The molecule has 0 heterocycles. The van der Waals surface area contributed by atoms with Crippen molar-refractivity contribution in [1.29, 1.82) is 0 Å². The molecule has 0 aliphatic heterocycles. The smallest absolute Gasteiger partial charge is 0.252 e. The average Bonchev–Trinajstić information content (AvgIpc) is 2.74. The predicted octanol–water partition coefficient (Wildman–Crippen LogP) is 4.68. The van der Waals surface area contributed by atoms with Crippen LogP contribution in [0, 0.1) is 0 Å². The summed E-state index contributed by atoms with van der Waals surface area (Å²) >= 11 is 0. The van der Waals surface area contributed by atoms with Crippen molar-refractivity contribution in [2.75, 3.05) is 0 Å². The van der Waals surface area contributed by atoms with Crippen LogP contribution in [0.3, 0.4) is 0 Å². The van der Waals surface area contributed by atoms with E-state index in [1.54, 1.807) is 0 Å². The minimum Gasteiger partial charge on any atom is -0.272 e. The van der Waals surface area contributed by atoms with Gasteiger partial charge in [-0.25, -0.2) is 5.43 Å². The van der Waals surface area contributed by atoms with E-state index in [0.717, 1.165) is 41.7 Å². The van der Waals surface area contributed by atoms with Crippen molar-refractivity contribution in [2.45, 2.75) is 25.2 Å². The molecule has 1 N–H and O–H groups in total. The minimum atomic E-state index is -0.379. The van der Waals surface area contributed by atoms with E-state index < -0.39 is 0 Å². The lowest BCUT2D eigenvalue weighted by Crippen LogP contribution is -2.28. The molecule has 3 aromatic rings. The molecule has 4 rings (SSSR count). The number of hydrogen-bond acceptors (Lipinski definition) is 2. The highest BCUT2D eigenvalue weighted by Crippen LogP contribution is 2.25. The molecule has 3 aromatic carbocycles. The van der Waals surface area contributed by atoms with Crippen molar-refractivity contribution in [3.05, 3.63) is 107 Å². The molecule has 0 fully saturated rings. The molecule has 0 atom stereocenters. The Kier molecular flexibility index (Phi) is 5.10. The first kappa shape index (κ1) is 17.2. The number of hydrogen-bond donors (Lipinski definition) is 1. The van der Waals surface area contributed by atoms with Crippen LogP contribution < -0.4 is 5.43 Å². The van der Waals surface area contributed by atoms with E-state index in [-0.39, 0.29) is 11.8 Å². The highest BCUT2D eigenvalue weighted by Gasteiger charge is 2.23. The number of nitrogens with zero attached hydrogens (tertiary/aromatic N) is 1. The number of amides is 1. The Bertz CT molecular complexity index is 909. The first-order valence-corrected chi connectivity index (χ1v) is 9.37. The number of hydrazone groups is 1. The predicted molar refractivity (Wildman–Crippen MR) is 109 cm³/mol. The van der Waals surface area contributed by atoms with Crippen molar-refractivity contribution in [3.63, 3.8) is 0 Å². The van der Waals surface area contributed by atoms with Crippen molar-refractivity contribution in [3.8, 4) is 0 Å². The topological polar surface area (TPSA) is 41.5 Å². The first-order chi connectivity index (χ1) is 13.3. The fraction of sp³-hybridized carbons (Fsp3) is 0.167. The van der Waals surface area contributed by atoms with Gasteiger partial charge in [0.25, 0.3) is 5.91 Å². The highest BCUT2D eigenvalue weighted by molar-refractivity contribution is 6.03. The van der Waals surface area contributed by atoms with Gasteiger partial charge in [0.05, 0.1) is 11.6 Å². The first-order valence-electron chi connectivity index (χ1n) is 9.37. The Labute approximate surface area is 159 Å². The number of rotatable bonds is 4. The summed E-state index contributed by atoms with van der Waals surface area (Å²) in [6, 6.07) is 28.0. The molecule has 0 unspecified atom stereocenters. The molecule has 0 saturated carbocycles. The van der Waals surface area contributed by atoms with Crippen LogP contribution in [0.1, 0.15) is 41.0 Å². The Morgan fingerprint density at radius 1 is 0.778 bits per heavy atom. The molecular weight excluding hydrogens is 332 g/mol. The summed E-state index contributed by atoms with van der Waals surface area (Å²) in [7, 11) is 0. The number of nitrogens with one attached hydrogen (secondary N) is 1. The van der Waals surface area contributed by atoms with Crippen LogP contribution in [0.2, 0.25) is 0 Å². The summed E-state index contributed by atoms with van der Waals surface area (Å²) in [6.07, 6.45) is 3.02. The average molecular weight is 354 g/mol. The van der Waals surface area contributed by atoms with E-state index in [4.69, 9.17) is 0 Å². The fourth-order valence-corrected chi connectivity index (χ4v) is 3.69. The SMILES string of the molecule is O=C(NN=C1CCCc2ccccc21)C(c1ccccc1)c1ccccc1. The van der Waals surface area contributed by atoms with Crippen molar-refractivity contribution in [1.82, 2.24) is 5.43 Å². The summed E-state index contributed by atoms with van der Waals surface area (Å²) in [6.45, 7) is 0. The van der Waals surface area contributed by atoms with E-state index in [1.165, 1.54) is 5.56 Å². The highest BCUT2D eigenvalue weighted by atomic mass is 16.2. The van der Waals surface area contributed by atoms with E-state index >= 15 is 0 Å². The molecule has 1 aliphatic rings. The Balaban J connectivity index is 1.62. The largest absolute Gasteiger partial charge is 0.272 e. The zero-order chi connectivity index (χ0) is 18.5. The quantitative estimate of drug-likeness (QED) is 0.679. The van der Waals surface area contributed by atoms with E-state index in [1.807, 2.05) is 66.7 Å². The van der Waals surface area contributed by atoms with Gasteiger partial charge in [0.1, 0.15) is 0 Å². The monoisotopic (exact) mass is 354 g/mol. The van der Waals surface area contributed by atoms with Crippen molar-refractivity contribution in [2.24, 2.45) is 5.10 Å². The van der Waals surface area contributed by atoms with Crippen molar-refractivity contribution < 1.29 is 4.79 Å². The van der Waals surface area contributed by atoms with Crippen LogP contribution in [0.4, 0.5) is 0 Å². The minimum absolute atomic E-state index is 0.108. The number of aryl methyl sites for hydroxylation is 1. The van der Waals surface area contributed by atoms with Crippen LogP contribution in [0.25, 0.3) is 0 Å². The second-order valence-corrected chi connectivity index (χ2v) is 6.80. The second-order valence-electron chi connectivity index (χ2n) is 6.80. The van der Waals surface area contributed by atoms with Crippen LogP contribution in [-0.4, -0.2) is 11.6 Å². The van der Waals surface area contributed by atoms with Gasteiger partial charge < -0.3 is 0 Å². The second kappa shape index (κ2) is 8.00. The fourth-order valence-electron chi connectivity index (χ4n) is 3.69. The van der Waals surface area contributed by atoms with Crippen LogP contribution >= 0.6 is 0 Å². The molecule has 0 bridgehead atoms. The van der Waals surface area contributed by atoms with Crippen molar-refractivity contribution >= 4 is 11.6 Å². The van der Waals surface area contributed by atoms with E-state index in [9.17, 15) is 4.79 Å². The lowest BCUT2D eigenvalue weighted by molar-refractivity contribution is -0.121. The van der Waals surface area contributed by atoms with Crippen LogP contribution in [0.15, 0.2) is 90.0 Å². The van der Waals surface area contributed by atoms with Gasteiger partial charge in [0.15, 0.2) is 0 Å². The van der Waals surface area contributed by atoms with Crippen LogP contribution in [-0.2, 0) is 11.2 Å². The molecule has 0 aromatic heterocycles. The maximum absolute atomic E-state index is 13.1. The molecule has 3 heteroatoms. The zero-order valence-electron chi connectivity index (χ0n) is 15.1. The Hall–Kier alpha value is -3.20. The number of carbonyl (C=O) groups excluding carboxylic acids is 1. The molecule has 0 spiro atoms. The number of fused-ring (bicyclic) bond motifs is 1. The molecule has 0 saturated heterocycles. The van der Waals surface area contributed by atoms with Gasteiger partial charge in [-0.15, -0.1) is 0 Å². The van der Waals surface area contributed by atoms with Gasteiger partial charge in [-0.05, 0) is 36.0 Å². The van der Waals surface area contributed by atoms with E-state index in [2.05, 4.69) is 28.7 Å². The standard InChI is InChI=1S/C24H22N2O/c27-24(26-25-22-17-9-15-18-10-7-8-16-21(18)22)23(19-11-3-1-4-12-19)20-13-5-2-6-14-20/h1-8,10-14,16,23H,9,15,17H2,(H,26,27). The molecule has 134 valence electrons. The summed E-state index contributed by atoms with van der Waals surface area (Å²) in [5.41, 5.74) is 8.19. The molecular formula is C24H22N2O. The van der Waals surface area contributed by atoms with Gasteiger partial charge in [0, 0.05) is 5.56 Å². The summed E-state index contributed by atoms with van der Waals surface area (Å²) < 4.78 is 0. The molecule has 27 heavy (non-hydrogen) atoms. The van der Waals surface area contributed by atoms with Gasteiger partial charge in [-0.1, -0.05) is 84.9 Å². The summed E-state index contributed by atoms with van der Waals surface area (Å²) in [5, 5.41) is 4.51. The van der Waals surface area contributed by atoms with Gasteiger partial charge >= 0.3 is 0 Å². The summed E-state index contributed by atoms with van der Waals surface area (Å²) in [5.74, 6) is -0.487. The molecule has 1 aliphatic carbocycles. The third kappa shape index (κ3) is 3.82. The number of benzene rings is 3. The number of carbonyl (C=O) groups is 1. The Morgan fingerprint density at radius 3 is 2.04 bits per heavy atom. The lowest BCUT2D eigenvalue weighted by Gasteiger charge is -2.19. The maximum atomic E-state index is 13.1. The van der Waals surface area contributed by atoms with E-state index in [0.29, 0.717) is 0 Å². The normalized spacial score (nSPS) is 14.8. The summed E-state index contributed by atoms with van der Waals surface area (Å²) in [4.78, 5) is 13.1. The lowest BCUT2D eigenvalue weighted by atomic mass is 9.90. The van der Waals surface area contributed by atoms with Crippen LogP contribution in [0.5, 0.6) is 0 Å². The third-order valence-corrected chi connectivity index (χ3v) is 5.02. The molecule has 3 nitrogen and oxygen atoms in total. The maximum Gasteiger partial charge on any atom is 0.252 e. The Morgan fingerprint density at radius 2 is 1.37 bits per heavy atom. The van der Waals surface area contributed by atoms with Gasteiger partial charge in [-0.3, -0.25) is 4.79 Å². The molecule has 1 amide bonds. The molecule has 0 radical (unpaired) electrons.